The second kappa shape index (κ2) is 2.81. The summed E-state index contributed by atoms with van der Waals surface area (Å²) in [6, 6.07) is 10.1. The van der Waals surface area contributed by atoms with E-state index in [1.807, 2.05) is 6.07 Å². The fourth-order valence-corrected chi connectivity index (χ4v) is 1.10. The average molecular weight is 157 g/mol. The van der Waals surface area contributed by atoms with Crippen LogP contribution in [0.4, 0.5) is 0 Å². The van der Waals surface area contributed by atoms with Crippen LogP contribution >= 0.6 is 0 Å². The smallest absolute Gasteiger partial charge is 0.0927 e. The maximum atomic E-state index is 4.04. The highest BCUT2D eigenvalue weighted by Gasteiger charge is 1.97. The second-order valence-corrected chi connectivity index (χ2v) is 2.76. The molecule has 0 aliphatic heterocycles. The molecule has 0 unspecified atom stereocenters. The number of benzene rings is 1. The van der Waals surface area contributed by atoms with E-state index >= 15 is 0 Å². The third-order valence-electron chi connectivity index (χ3n) is 1.80. The molecule has 0 spiro atoms. The quantitative estimate of drug-likeness (QED) is 0.675. The normalized spacial score (nSPS) is 10.1. The fraction of sp³-hybridized carbons (Fsp3) is 0.100. The van der Waals surface area contributed by atoms with Gasteiger partial charge in [0.2, 0.25) is 0 Å². The number of aromatic nitrogens is 2. The van der Waals surface area contributed by atoms with Crippen LogP contribution in [0.25, 0.3) is 11.3 Å². The molecule has 0 aliphatic rings. The van der Waals surface area contributed by atoms with Crippen LogP contribution in [0.2, 0.25) is 0 Å². The molecule has 2 heteroatoms. The van der Waals surface area contributed by atoms with Crippen LogP contribution in [-0.4, -0.2) is 10.2 Å². The maximum Gasteiger partial charge on any atom is 0.0927 e. The van der Waals surface area contributed by atoms with Crippen molar-refractivity contribution in [3.8, 4) is 11.3 Å². The summed E-state index contributed by atoms with van der Waals surface area (Å²) in [6.45, 7) is 2.07. The van der Waals surface area contributed by atoms with Gasteiger partial charge in [0.15, 0.2) is 0 Å². The van der Waals surface area contributed by atoms with Crippen LogP contribution < -0.4 is 0 Å². The Kier molecular flexibility index (Phi) is 1.67. The van der Waals surface area contributed by atoms with Crippen molar-refractivity contribution in [2.45, 2.75) is 6.92 Å². The first-order valence-electron chi connectivity index (χ1n) is 3.85. The topological polar surface area (TPSA) is 28.7 Å². The number of H-pyrrole nitrogens is 1. The molecule has 59 valence electrons. The lowest BCUT2D eigenvalue weighted by molar-refractivity contribution is 1.09. The van der Waals surface area contributed by atoms with Crippen molar-refractivity contribution >= 4 is 0 Å². The molecule has 2 rings (SSSR count). The summed E-state index contributed by atoms with van der Waals surface area (Å²) < 4.78 is 0. The number of nitrogens with zero attached hydrogens (tertiary/aromatic N) is 1. The van der Waals surface area contributed by atoms with E-state index in [2.05, 4.69) is 47.6 Å². The SMILES string of the molecule is Cc1ccc(-c2c[c][nH]n2)cc1. The number of rotatable bonds is 1. The first kappa shape index (κ1) is 7.10. The molecule has 1 N–H and O–H groups in total. The minimum absolute atomic E-state index is 0.940. The molecule has 12 heavy (non-hydrogen) atoms. The van der Waals surface area contributed by atoms with Crippen LogP contribution in [0.15, 0.2) is 30.3 Å². The van der Waals surface area contributed by atoms with E-state index in [0.29, 0.717) is 0 Å². The predicted molar refractivity (Wildman–Crippen MR) is 47.6 cm³/mol. The molecule has 1 radical (unpaired) electrons. The second-order valence-electron chi connectivity index (χ2n) is 2.76. The first-order chi connectivity index (χ1) is 5.86. The Morgan fingerprint density at radius 2 is 2.00 bits per heavy atom. The number of nitrogens with one attached hydrogen (secondary N) is 1. The summed E-state index contributed by atoms with van der Waals surface area (Å²) in [5.41, 5.74) is 3.33. The Hall–Kier alpha value is -1.57. The zero-order valence-electron chi connectivity index (χ0n) is 6.83. The molecule has 2 nitrogen and oxygen atoms in total. The summed E-state index contributed by atoms with van der Waals surface area (Å²) >= 11 is 0. The zero-order valence-corrected chi connectivity index (χ0v) is 6.83. The number of aromatic amines is 1. The number of hydrogen-bond donors (Lipinski definition) is 1. The van der Waals surface area contributed by atoms with E-state index in [0.717, 1.165) is 11.3 Å². The van der Waals surface area contributed by atoms with Gasteiger partial charge in [-0.1, -0.05) is 29.8 Å². The highest BCUT2D eigenvalue weighted by molar-refractivity contribution is 5.58. The van der Waals surface area contributed by atoms with Crippen molar-refractivity contribution in [2.75, 3.05) is 0 Å². The van der Waals surface area contributed by atoms with Gasteiger partial charge in [-0.05, 0) is 13.0 Å². The van der Waals surface area contributed by atoms with Crippen molar-refractivity contribution in [3.63, 3.8) is 0 Å². The molecule has 0 bridgehead atoms. The predicted octanol–water partition coefficient (Wildman–Crippen LogP) is 2.19. The van der Waals surface area contributed by atoms with Crippen molar-refractivity contribution in [1.82, 2.24) is 10.2 Å². The van der Waals surface area contributed by atoms with E-state index in [1.165, 1.54) is 5.56 Å². The van der Waals surface area contributed by atoms with Gasteiger partial charge in [0.25, 0.3) is 0 Å². The Bertz CT molecular complexity index is 346. The monoisotopic (exact) mass is 157 g/mol. The lowest BCUT2D eigenvalue weighted by atomic mass is 10.1. The summed E-state index contributed by atoms with van der Waals surface area (Å²) in [7, 11) is 0. The van der Waals surface area contributed by atoms with Crippen LogP contribution in [0, 0.1) is 13.1 Å². The largest absolute Gasteiger partial charge is 0.276 e. The maximum absolute atomic E-state index is 4.04. The lowest BCUT2D eigenvalue weighted by Crippen LogP contribution is -1.77. The van der Waals surface area contributed by atoms with E-state index in [-0.39, 0.29) is 0 Å². The fourth-order valence-electron chi connectivity index (χ4n) is 1.10. The Labute approximate surface area is 71.3 Å². The minimum Gasteiger partial charge on any atom is -0.276 e. The molecule has 0 saturated carbocycles. The van der Waals surface area contributed by atoms with Gasteiger partial charge in [0, 0.05) is 5.56 Å². The van der Waals surface area contributed by atoms with Gasteiger partial charge in [-0.3, -0.25) is 5.10 Å². The third-order valence-corrected chi connectivity index (χ3v) is 1.80. The number of hydrogen-bond acceptors (Lipinski definition) is 1. The van der Waals surface area contributed by atoms with Gasteiger partial charge in [-0.2, -0.15) is 5.10 Å². The highest BCUT2D eigenvalue weighted by atomic mass is 15.1. The summed E-state index contributed by atoms with van der Waals surface area (Å²) in [4.78, 5) is 0. The third kappa shape index (κ3) is 1.23. The van der Waals surface area contributed by atoms with Crippen molar-refractivity contribution in [1.29, 1.82) is 0 Å². The van der Waals surface area contributed by atoms with Crippen LogP contribution in [-0.2, 0) is 0 Å². The molecule has 0 saturated heterocycles. The molecular weight excluding hydrogens is 148 g/mol. The molecular formula is C10H9N2. The molecule has 1 aromatic carbocycles. The van der Waals surface area contributed by atoms with Crippen molar-refractivity contribution < 1.29 is 0 Å². The molecule has 0 aliphatic carbocycles. The van der Waals surface area contributed by atoms with Gasteiger partial charge >= 0.3 is 0 Å². The lowest BCUT2D eigenvalue weighted by Gasteiger charge is -1.95. The first-order valence-corrected chi connectivity index (χ1v) is 3.85. The summed E-state index contributed by atoms with van der Waals surface area (Å²) in [5.74, 6) is 0. The van der Waals surface area contributed by atoms with Gasteiger partial charge in [0.1, 0.15) is 0 Å². The van der Waals surface area contributed by atoms with Crippen LogP contribution in [0.1, 0.15) is 5.56 Å². The Balaban J connectivity index is 2.43. The summed E-state index contributed by atoms with van der Waals surface area (Å²) in [5, 5.41) is 6.70. The molecule has 2 aromatic rings. The van der Waals surface area contributed by atoms with Gasteiger partial charge < -0.3 is 0 Å². The molecule has 0 amide bonds. The van der Waals surface area contributed by atoms with Gasteiger partial charge in [-0.15, -0.1) is 0 Å². The van der Waals surface area contributed by atoms with Crippen LogP contribution in [0.5, 0.6) is 0 Å². The van der Waals surface area contributed by atoms with E-state index in [1.54, 1.807) is 0 Å². The molecule has 0 atom stereocenters. The molecule has 1 aromatic heterocycles. The highest BCUT2D eigenvalue weighted by Crippen LogP contribution is 2.15. The standard InChI is InChI=1S/C10H9N2/c1-8-2-4-9(5-3-8)10-6-7-11-12-10/h2-6H,1H3,(H,11,12). The molecule has 1 heterocycles. The van der Waals surface area contributed by atoms with Crippen LogP contribution in [0.3, 0.4) is 0 Å². The summed E-state index contributed by atoms with van der Waals surface area (Å²) in [6.07, 6.45) is 2.81. The Morgan fingerprint density at radius 3 is 2.58 bits per heavy atom. The van der Waals surface area contributed by atoms with Crippen molar-refractivity contribution in [3.05, 3.63) is 42.1 Å². The van der Waals surface area contributed by atoms with Gasteiger partial charge in [-0.25, -0.2) is 0 Å². The van der Waals surface area contributed by atoms with Crippen molar-refractivity contribution in [2.24, 2.45) is 0 Å². The van der Waals surface area contributed by atoms with E-state index in [9.17, 15) is 0 Å². The Morgan fingerprint density at radius 1 is 1.25 bits per heavy atom. The zero-order chi connectivity index (χ0) is 8.39. The van der Waals surface area contributed by atoms with E-state index in [4.69, 9.17) is 0 Å². The van der Waals surface area contributed by atoms with E-state index < -0.39 is 0 Å². The average Bonchev–Trinajstić information content (AvgIpc) is 2.58. The van der Waals surface area contributed by atoms with Gasteiger partial charge in [0.05, 0.1) is 11.9 Å². The molecule has 0 fully saturated rings. The number of aryl methyl sites for hydroxylation is 1. The minimum atomic E-state index is 0.940.